The molecule has 114 valence electrons. The van der Waals surface area contributed by atoms with Gasteiger partial charge in [-0.1, -0.05) is 29.3 Å². The Balaban J connectivity index is 1.90. The summed E-state index contributed by atoms with van der Waals surface area (Å²) in [6.45, 7) is 0.740. The van der Waals surface area contributed by atoms with Crippen molar-refractivity contribution in [1.82, 2.24) is 4.90 Å². The summed E-state index contributed by atoms with van der Waals surface area (Å²) in [4.78, 5) is 24.5. The summed E-state index contributed by atoms with van der Waals surface area (Å²) >= 11 is 11.9. The van der Waals surface area contributed by atoms with E-state index in [9.17, 15) is 9.59 Å². The highest BCUT2D eigenvalue weighted by atomic mass is 35.5. The molecule has 0 aliphatic carbocycles. The van der Waals surface area contributed by atoms with E-state index in [1.54, 1.807) is 18.2 Å². The number of hydrogen-bond donors (Lipinski definition) is 1. The van der Waals surface area contributed by atoms with Gasteiger partial charge in [-0.3, -0.25) is 4.79 Å². The van der Waals surface area contributed by atoms with Crippen molar-refractivity contribution in [2.75, 3.05) is 19.7 Å². The monoisotopic (exact) mass is 331 g/mol. The minimum Gasteiger partial charge on any atom is -0.479 e. The van der Waals surface area contributed by atoms with Crippen LogP contribution in [-0.4, -0.2) is 47.7 Å². The molecule has 1 saturated heterocycles. The molecule has 5 nitrogen and oxygen atoms in total. The SMILES string of the molecule is O=C(O)C1CN(C(=O)CCc2ccc(Cl)cc2Cl)CCO1. The number of morpholine rings is 1. The standard InChI is InChI=1S/C14H15Cl2NO4/c15-10-3-1-9(11(16)7-10)2-4-13(18)17-5-6-21-12(8-17)14(19)20/h1,3,7,12H,2,4-6,8H2,(H,19,20). The number of carboxylic acids is 1. The maximum atomic E-state index is 12.1. The van der Waals surface area contributed by atoms with Gasteiger partial charge >= 0.3 is 5.97 Å². The lowest BCUT2D eigenvalue weighted by atomic mass is 10.1. The Bertz CT molecular complexity index is 550. The molecule has 0 spiro atoms. The maximum Gasteiger partial charge on any atom is 0.334 e. The molecule has 1 aromatic rings. The summed E-state index contributed by atoms with van der Waals surface area (Å²) in [5, 5.41) is 9.99. The van der Waals surface area contributed by atoms with Crippen LogP contribution in [-0.2, 0) is 20.7 Å². The van der Waals surface area contributed by atoms with Gasteiger partial charge in [-0.05, 0) is 24.1 Å². The van der Waals surface area contributed by atoms with E-state index in [-0.39, 0.29) is 25.5 Å². The van der Waals surface area contributed by atoms with Gasteiger partial charge in [-0.2, -0.15) is 0 Å². The number of carbonyl (C=O) groups excluding carboxylic acids is 1. The molecule has 1 fully saturated rings. The Labute approximate surface area is 132 Å². The second-order valence-corrected chi connectivity index (χ2v) is 5.62. The summed E-state index contributed by atoms with van der Waals surface area (Å²) in [5.41, 5.74) is 0.845. The molecule has 0 radical (unpaired) electrons. The predicted octanol–water partition coefficient (Wildman–Crippen LogP) is 2.24. The first-order valence-electron chi connectivity index (χ1n) is 6.53. The topological polar surface area (TPSA) is 66.8 Å². The van der Waals surface area contributed by atoms with Gasteiger partial charge < -0.3 is 14.7 Å². The van der Waals surface area contributed by atoms with Crippen molar-refractivity contribution in [3.63, 3.8) is 0 Å². The van der Waals surface area contributed by atoms with Crippen LogP contribution >= 0.6 is 23.2 Å². The molecule has 1 unspecified atom stereocenters. The Kier molecular flexibility index (Phi) is 5.45. The fraction of sp³-hybridized carbons (Fsp3) is 0.429. The molecular formula is C14H15Cl2NO4. The highest BCUT2D eigenvalue weighted by Gasteiger charge is 2.28. The number of carbonyl (C=O) groups is 2. The molecule has 1 N–H and O–H groups in total. The third-order valence-corrected chi connectivity index (χ3v) is 3.90. The number of carboxylic acid groups (broad SMARTS) is 1. The average molecular weight is 332 g/mol. The molecule has 7 heteroatoms. The lowest BCUT2D eigenvalue weighted by Gasteiger charge is -2.31. The van der Waals surface area contributed by atoms with Crippen molar-refractivity contribution in [2.24, 2.45) is 0 Å². The Morgan fingerprint density at radius 1 is 1.38 bits per heavy atom. The van der Waals surface area contributed by atoms with E-state index in [4.69, 9.17) is 33.0 Å². The number of ether oxygens (including phenoxy) is 1. The summed E-state index contributed by atoms with van der Waals surface area (Å²) in [6, 6.07) is 5.15. The van der Waals surface area contributed by atoms with E-state index in [1.165, 1.54) is 4.90 Å². The zero-order valence-electron chi connectivity index (χ0n) is 11.2. The van der Waals surface area contributed by atoms with E-state index in [2.05, 4.69) is 0 Å². The van der Waals surface area contributed by atoms with Crippen LogP contribution in [0.15, 0.2) is 18.2 Å². The normalized spacial score (nSPS) is 18.6. The first kappa shape index (κ1) is 16.1. The second kappa shape index (κ2) is 7.11. The van der Waals surface area contributed by atoms with Gasteiger partial charge in [0.1, 0.15) is 0 Å². The number of halogens is 2. The van der Waals surface area contributed by atoms with Crippen LogP contribution in [0.3, 0.4) is 0 Å². The molecule has 1 aromatic carbocycles. The summed E-state index contributed by atoms with van der Waals surface area (Å²) in [7, 11) is 0. The van der Waals surface area contributed by atoms with E-state index in [0.29, 0.717) is 23.0 Å². The highest BCUT2D eigenvalue weighted by molar-refractivity contribution is 6.35. The molecule has 0 bridgehead atoms. The van der Waals surface area contributed by atoms with Crippen LogP contribution < -0.4 is 0 Å². The molecule has 1 atom stereocenters. The number of nitrogens with zero attached hydrogens (tertiary/aromatic N) is 1. The first-order chi connectivity index (χ1) is 9.97. The largest absolute Gasteiger partial charge is 0.479 e. The van der Waals surface area contributed by atoms with Crippen molar-refractivity contribution in [3.05, 3.63) is 33.8 Å². The van der Waals surface area contributed by atoms with Crippen molar-refractivity contribution in [1.29, 1.82) is 0 Å². The first-order valence-corrected chi connectivity index (χ1v) is 7.29. The molecule has 0 aromatic heterocycles. The Morgan fingerprint density at radius 2 is 2.14 bits per heavy atom. The van der Waals surface area contributed by atoms with Crippen LogP contribution in [0.4, 0.5) is 0 Å². The van der Waals surface area contributed by atoms with Crippen molar-refractivity contribution >= 4 is 35.1 Å². The smallest absolute Gasteiger partial charge is 0.334 e. The number of benzene rings is 1. The van der Waals surface area contributed by atoms with Gasteiger partial charge in [0.15, 0.2) is 6.10 Å². The molecule has 1 aliphatic heterocycles. The third kappa shape index (κ3) is 4.33. The van der Waals surface area contributed by atoms with Crippen LogP contribution in [0.5, 0.6) is 0 Å². The highest BCUT2D eigenvalue weighted by Crippen LogP contribution is 2.22. The third-order valence-electron chi connectivity index (χ3n) is 3.32. The number of amides is 1. The molecule has 1 aliphatic rings. The quantitative estimate of drug-likeness (QED) is 0.918. The molecule has 21 heavy (non-hydrogen) atoms. The van der Waals surface area contributed by atoms with Gasteiger partial charge in [0.05, 0.1) is 13.2 Å². The molecule has 2 rings (SSSR count). The lowest BCUT2D eigenvalue weighted by Crippen LogP contribution is -2.48. The number of rotatable bonds is 4. The summed E-state index contributed by atoms with van der Waals surface area (Å²) < 4.78 is 5.09. The lowest BCUT2D eigenvalue weighted by molar-refractivity contribution is -0.159. The minimum absolute atomic E-state index is 0.0858. The minimum atomic E-state index is -1.05. The van der Waals surface area contributed by atoms with Gasteiger partial charge in [0, 0.05) is 23.0 Å². The van der Waals surface area contributed by atoms with E-state index in [1.807, 2.05) is 0 Å². The summed E-state index contributed by atoms with van der Waals surface area (Å²) in [5.74, 6) is -1.15. The molecule has 0 saturated carbocycles. The fourth-order valence-electron chi connectivity index (χ4n) is 2.15. The van der Waals surface area contributed by atoms with E-state index >= 15 is 0 Å². The fourth-order valence-corrected chi connectivity index (χ4v) is 2.65. The average Bonchev–Trinajstić information content (AvgIpc) is 2.46. The van der Waals surface area contributed by atoms with E-state index in [0.717, 1.165) is 5.56 Å². The van der Waals surface area contributed by atoms with Gasteiger partial charge in [0.2, 0.25) is 5.91 Å². The number of aryl methyl sites for hydroxylation is 1. The zero-order chi connectivity index (χ0) is 15.4. The second-order valence-electron chi connectivity index (χ2n) is 4.77. The van der Waals surface area contributed by atoms with E-state index < -0.39 is 12.1 Å². The number of aliphatic carboxylic acids is 1. The summed E-state index contributed by atoms with van der Waals surface area (Å²) in [6.07, 6.45) is -0.181. The Morgan fingerprint density at radius 3 is 2.81 bits per heavy atom. The molecule has 1 heterocycles. The van der Waals surface area contributed by atoms with Gasteiger partial charge in [-0.15, -0.1) is 0 Å². The van der Waals surface area contributed by atoms with Crippen LogP contribution in [0.25, 0.3) is 0 Å². The van der Waals surface area contributed by atoms with Crippen LogP contribution in [0, 0.1) is 0 Å². The van der Waals surface area contributed by atoms with Crippen LogP contribution in [0.2, 0.25) is 10.0 Å². The van der Waals surface area contributed by atoms with Crippen molar-refractivity contribution in [2.45, 2.75) is 18.9 Å². The van der Waals surface area contributed by atoms with Crippen molar-refractivity contribution in [3.8, 4) is 0 Å². The maximum absolute atomic E-state index is 12.1. The predicted molar refractivity (Wildman–Crippen MR) is 78.7 cm³/mol. The molecule has 1 amide bonds. The van der Waals surface area contributed by atoms with Gasteiger partial charge in [-0.25, -0.2) is 4.79 Å². The van der Waals surface area contributed by atoms with Crippen molar-refractivity contribution < 1.29 is 19.4 Å². The molecular weight excluding hydrogens is 317 g/mol. The number of hydrogen-bond acceptors (Lipinski definition) is 3. The Hall–Kier alpha value is -1.30. The van der Waals surface area contributed by atoms with Crippen LogP contribution in [0.1, 0.15) is 12.0 Å². The zero-order valence-corrected chi connectivity index (χ0v) is 12.7. The van der Waals surface area contributed by atoms with Gasteiger partial charge in [0.25, 0.3) is 0 Å².